The molecule has 2 aliphatic heterocycles. The van der Waals surface area contributed by atoms with Crippen LogP contribution >= 0.6 is 23.1 Å². The number of anilines is 1. The van der Waals surface area contributed by atoms with Crippen molar-refractivity contribution in [3.8, 4) is 17.2 Å². The summed E-state index contributed by atoms with van der Waals surface area (Å²) in [7, 11) is 1.54. The molecule has 2 aromatic carbocycles. The van der Waals surface area contributed by atoms with Crippen molar-refractivity contribution in [2.24, 2.45) is 5.92 Å². The van der Waals surface area contributed by atoms with Crippen LogP contribution in [0.3, 0.4) is 0 Å². The van der Waals surface area contributed by atoms with Gasteiger partial charge in [-0.05, 0) is 48.9 Å². The third kappa shape index (κ3) is 4.58. The Morgan fingerprint density at radius 1 is 1.14 bits per heavy atom. The number of hydrogen-bond acceptors (Lipinski definition) is 9. The van der Waals surface area contributed by atoms with E-state index in [2.05, 4.69) is 10.6 Å². The summed E-state index contributed by atoms with van der Waals surface area (Å²) in [6.45, 7) is 1.84. The molecule has 12 heteroatoms. The summed E-state index contributed by atoms with van der Waals surface area (Å²) in [6.07, 6.45) is 0. The minimum absolute atomic E-state index is 0.0551. The number of thioether (sulfide) groups is 1. The van der Waals surface area contributed by atoms with Crippen molar-refractivity contribution in [3.63, 3.8) is 0 Å². The Morgan fingerprint density at radius 2 is 1.89 bits per heavy atom. The first-order chi connectivity index (χ1) is 17.8. The molecule has 3 heterocycles. The van der Waals surface area contributed by atoms with Gasteiger partial charge in [-0.25, -0.2) is 0 Å². The van der Waals surface area contributed by atoms with E-state index in [9.17, 15) is 24.3 Å². The van der Waals surface area contributed by atoms with Gasteiger partial charge in [0.25, 0.3) is 0 Å². The lowest BCUT2D eigenvalue weighted by atomic mass is 9.83. The molecule has 192 valence electrons. The van der Waals surface area contributed by atoms with Crippen LogP contribution in [0.25, 0.3) is 0 Å². The number of hydrogen-bond donors (Lipinski definition) is 3. The number of fused-ring (bicyclic) bond motifs is 2. The summed E-state index contributed by atoms with van der Waals surface area (Å²) in [5.41, 5.74) is 1.17. The lowest BCUT2D eigenvalue weighted by Gasteiger charge is -2.31. The van der Waals surface area contributed by atoms with Crippen LogP contribution in [-0.2, 0) is 20.9 Å². The van der Waals surface area contributed by atoms with Crippen molar-refractivity contribution in [1.82, 2.24) is 9.88 Å². The van der Waals surface area contributed by atoms with E-state index in [4.69, 9.17) is 9.47 Å². The second kappa shape index (κ2) is 9.94. The Morgan fingerprint density at radius 3 is 2.59 bits per heavy atom. The number of imide groups is 1. The Balaban J connectivity index is 1.52. The average Bonchev–Trinajstić information content (AvgIpc) is 3.34. The van der Waals surface area contributed by atoms with E-state index < -0.39 is 34.8 Å². The number of aromatic nitrogens is 1. The zero-order valence-corrected chi connectivity index (χ0v) is 21.5. The second-order valence-electron chi connectivity index (χ2n) is 8.46. The number of carbonyl (C=O) groups excluding carboxylic acids is 3. The predicted molar refractivity (Wildman–Crippen MR) is 138 cm³/mol. The van der Waals surface area contributed by atoms with Gasteiger partial charge in [-0.3, -0.25) is 29.1 Å². The van der Waals surface area contributed by atoms with E-state index in [-0.39, 0.29) is 22.9 Å². The van der Waals surface area contributed by atoms with E-state index in [0.717, 1.165) is 23.1 Å². The minimum Gasteiger partial charge on any atom is -0.504 e. The fourth-order valence-electron chi connectivity index (χ4n) is 4.55. The number of aromatic hydroxyl groups is 1. The Kier molecular flexibility index (Phi) is 6.69. The molecule has 2 aliphatic rings. The number of thiazole rings is 1. The van der Waals surface area contributed by atoms with Gasteiger partial charge in [0, 0.05) is 16.5 Å². The van der Waals surface area contributed by atoms with Crippen LogP contribution < -0.4 is 25.0 Å². The molecule has 0 saturated carbocycles. The lowest BCUT2D eigenvalue weighted by Crippen LogP contribution is -2.32. The van der Waals surface area contributed by atoms with Crippen LogP contribution in [0.4, 0.5) is 5.69 Å². The zero-order valence-electron chi connectivity index (χ0n) is 19.8. The normalized spacial score (nSPS) is 20.1. The minimum atomic E-state index is -0.765. The number of nitrogens with zero attached hydrogens (tertiary/aromatic N) is 1. The van der Waals surface area contributed by atoms with E-state index in [1.165, 1.54) is 10.6 Å². The van der Waals surface area contributed by atoms with Gasteiger partial charge in [0.2, 0.25) is 17.7 Å². The molecule has 1 saturated heterocycles. The molecule has 3 aromatic rings. The zero-order chi connectivity index (χ0) is 26.3. The fourth-order valence-corrected chi connectivity index (χ4v) is 7.29. The molecule has 1 fully saturated rings. The highest BCUT2D eigenvalue weighted by atomic mass is 32.2. The first kappa shape index (κ1) is 24.9. The number of ether oxygens (including phenoxy) is 2. The molecular weight excluding hydrogens is 518 g/mol. The Bertz CT molecular complexity index is 1450. The Hall–Kier alpha value is -3.77. The lowest BCUT2D eigenvalue weighted by molar-refractivity contribution is -0.126. The summed E-state index contributed by atoms with van der Waals surface area (Å²) in [6, 6.07) is 11.5. The van der Waals surface area contributed by atoms with E-state index in [1.807, 2.05) is 0 Å². The first-order valence-corrected chi connectivity index (χ1v) is 13.1. The van der Waals surface area contributed by atoms with Gasteiger partial charge in [-0.2, -0.15) is 0 Å². The Labute approximate surface area is 219 Å². The molecule has 3 N–H and O–H groups in total. The molecule has 0 bridgehead atoms. The number of phenols is 1. The van der Waals surface area contributed by atoms with Gasteiger partial charge in [0.15, 0.2) is 11.5 Å². The molecule has 5 rings (SSSR count). The maximum Gasteiger partial charge on any atom is 0.308 e. The molecule has 0 aliphatic carbocycles. The summed E-state index contributed by atoms with van der Waals surface area (Å²) in [5, 5.41) is 15.0. The van der Waals surface area contributed by atoms with Crippen molar-refractivity contribution in [2.45, 2.75) is 29.7 Å². The standard InChI is InChI=1S/C25H23N3O7S2/c1-3-35-16-10-12(4-9-15(16)29)18-19-20(23(32)27-22(19)31)36-24-21(18)37-25(33)28(24)11-17(30)26-13-5-7-14(34-2)8-6-13/h4-10,18-20,29H,3,11H2,1-2H3,(H,26,30)(H,27,31,32)/t18-,19?,20?/m0/s1. The molecular formula is C25H23N3O7S2. The van der Waals surface area contributed by atoms with Crippen LogP contribution in [0.15, 0.2) is 52.3 Å². The molecule has 2 unspecified atom stereocenters. The average molecular weight is 542 g/mol. The summed E-state index contributed by atoms with van der Waals surface area (Å²) < 4.78 is 12.0. The van der Waals surface area contributed by atoms with Gasteiger partial charge < -0.3 is 19.9 Å². The maximum absolute atomic E-state index is 13.1. The summed E-state index contributed by atoms with van der Waals surface area (Å²) in [4.78, 5) is 51.6. The van der Waals surface area contributed by atoms with E-state index in [0.29, 0.717) is 33.5 Å². The van der Waals surface area contributed by atoms with Crippen LogP contribution in [0.1, 0.15) is 23.3 Å². The monoisotopic (exact) mass is 541 g/mol. The quantitative estimate of drug-likeness (QED) is 0.389. The van der Waals surface area contributed by atoms with Crippen molar-refractivity contribution in [3.05, 3.63) is 62.6 Å². The van der Waals surface area contributed by atoms with Gasteiger partial charge in [-0.1, -0.05) is 29.2 Å². The summed E-state index contributed by atoms with van der Waals surface area (Å²) >= 11 is 2.06. The molecule has 10 nitrogen and oxygen atoms in total. The predicted octanol–water partition coefficient (Wildman–Crippen LogP) is 2.54. The number of rotatable bonds is 7. The van der Waals surface area contributed by atoms with Gasteiger partial charge >= 0.3 is 4.87 Å². The van der Waals surface area contributed by atoms with Crippen molar-refractivity contribution < 1.29 is 29.0 Å². The molecule has 3 atom stereocenters. The first-order valence-electron chi connectivity index (χ1n) is 11.4. The molecule has 0 spiro atoms. The van der Waals surface area contributed by atoms with Crippen molar-refractivity contribution in [1.29, 1.82) is 0 Å². The van der Waals surface area contributed by atoms with Crippen LogP contribution in [0.5, 0.6) is 17.2 Å². The summed E-state index contributed by atoms with van der Waals surface area (Å²) in [5.74, 6) is -1.82. The molecule has 0 radical (unpaired) electrons. The number of amides is 3. The molecule has 37 heavy (non-hydrogen) atoms. The van der Waals surface area contributed by atoms with E-state index in [1.54, 1.807) is 50.4 Å². The maximum atomic E-state index is 13.1. The highest BCUT2D eigenvalue weighted by Crippen LogP contribution is 2.52. The van der Waals surface area contributed by atoms with Crippen LogP contribution in [0.2, 0.25) is 0 Å². The largest absolute Gasteiger partial charge is 0.504 e. The fraction of sp³-hybridized carbons (Fsp3) is 0.280. The highest BCUT2D eigenvalue weighted by molar-refractivity contribution is 8.00. The molecule has 1 aromatic heterocycles. The van der Waals surface area contributed by atoms with Crippen molar-refractivity contribution >= 4 is 46.5 Å². The van der Waals surface area contributed by atoms with Gasteiger partial charge in [0.1, 0.15) is 17.5 Å². The second-order valence-corrected chi connectivity index (χ2v) is 10.6. The number of phenolic OH excluding ortho intramolecular Hbond substituents is 1. The van der Waals surface area contributed by atoms with Gasteiger partial charge in [-0.15, -0.1) is 0 Å². The third-order valence-corrected chi connectivity index (χ3v) is 8.82. The number of benzene rings is 2. The van der Waals surface area contributed by atoms with Crippen LogP contribution in [0, 0.1) is 5.92 Å². The topological polar surface area (TPSA) is 136 Å². The highest BCUT2D eigenvalue weighted by Gasteiger charge is 2.53. The SMILES string of the molecule is CCOc1cc([C@@H]2c3sc(=O)n(CC(=O)Nc4ccc(OC)cc4)c3SC3C(=O)NC(=O)C32)ccc1O. The number of methoxy groups -OCH3 is 1. The van der Waals surface area contributed by atoms with Crippen molar-refractivity contribution in [2.75, 3.05) is 19.0 Å². The van der Waals surface area contributed by atoms with Gasteiger partial charge in [0.05, 0.1) is 24.7 Å². The third-order valence-electron chi connectivity index (χ3n) is 6.21. The smallest absolute Gasteiger partial charge is 0.308 e. The van der Waals surface area contributed by atoms with Crippen LogP contribution in [-0.4, -0.2) is 46.4 Å². The molecule has 3 amide bonds. The number of nitrogens with one attached hydrogen (secondary N) is 2. The van der Waals surface area contributed by atoms with E-state index >= 15 is 0 Å². The number of carbonyl (C=O) groups is 3.